The molecule has 0 bridgehead atoms. The molecule has 1 aliphatic heterocycles. The van der Waals surface area contributed by atoms with Crippen LogP contribution in [0.25, 0.3) is 0 Å². The van der Waals surface area contributed by atoms with Crippen molar-refractivity contribution in [2.24, 2.45) is 5.92 Å². The van der Waals surface area contributed by atoms with Crippen LogP contribution in [-0.2, 0) is 4.74 Å². The van der Waals surface area contributed by atoms with Gasteiger partial charge in [-0.3, -0.25) is 0 Å². The van der Waals surface area contributed by atoms with Crippen LogP contribution < -0.4 is 5.32 Å². The Morgan fingerprint density at radius 2 is 2.06 bits per heavy atom. The third-order valence-electron chi connectivity index (χ3n) is 3.48. The van der Waals surface area contributed by atoms with Crippen molar-refractivity contribution in [2.75, 3.05) is 46.4 Å². The van der Waals surface area contributed by atoms with Crippen LogP contribution in [0.1, 0.15) is 32.6 Å². The van der Waals surface area contributed by atoms with Crippen LogP contribution in [0.2, 0.25) is 0 Å². The molecule has 1 saturated heterocycles. The summed E-state index contributed by atoms with van der Waals surface area (Å²) >= 11 is 0. The van der Waals surface area contributed by atoms with Crippen LogP contribution in [0.5, 0.6) is 0 Å². The highest BCUT2D eigenvalue weighted by atomic mass is 16.5. The minimum absolute atomic E-state index is 0.853. The second-order valence-corrected chi connectivity index (χ2v) is 4.73. The van der Waals surface area contributed by atoms with Crippen LogP contribution in [0, 0.1) is 5.92 Å². The summed E-state index contributed by atoms with van der Waals surface area (Å²) in [5.41, 5.74) is 0. The van der Waals surface area contributed by atoms with Crippen molar-refractivity contribution < 1.29 is 4.74 Å². The summed E-state index contributed by atoms with van der Waals surface area (Å²) in [6.07, 6.45) is 5.31. The van der Waals surface area contributed by atoms with E-state index in [2.05, 4.69) is 17.1 Å². The van der Waals surface area contributed by atoms with Gasteiger partial charge in [0.05, 0.1) is 0 Å². The van der Waals surface area contributed by atoms with Gasteiger partial charge >= 0.3 is 0 Å². The van der Waals surface area contributed by atoms with Crippen molar-refractivity contribution in [3.05, 3.63) is 0 Å². The van der Waals surface area contributed by atoms with Gasteiger partial charge in [0.2, 0.25) is 0 Å². The van der Waals surface area contributed by atoms with E-state index in [1.54, 1.807) is 0 Å². The molecule has 3 nitrogen and oxygen atoms in total. The van der Waals surface area contributed by atoms with E-state index >= 15 is 0 Å². The number of piperidine rings is 1. The molecule has 96 valence electrons. The van der Waals surface area contributed by atoms with Crippen molar-refractivity contribution in [2.45, 2.75) is 32.6 Å². The van der Waals surface area contributed by atoms with E-state index in [9.17, 15) is 0 Å². The van der Waals surface area contributed by atoms with E-state index < -0.39 is 0 Å². The van der Waals surface area contributed by atoms with Gasteiger partial charge in [-0.25, -0.2) is 0 Å². The molecule has 0 radical (unpaired) electrons. The van der Waals surface area contributed by atoms with E-state index in [0.29, 0.717) is 0 Å². The summed E-state index contributed by atoms with van der Waals surface area (Å²) < 4.78 is 5.36. The van der Waals surface area contributed by atoms with Crippen LogP contribution in [0.3, 0.4) is 0 Å². The Bertz CT molecular complexity index is 156. The number of rotatable bonds is 8. The van der Waals surface area contributed by atoms with Crippen molar-refractivity contribution in [3.63, 3.8) is 0 Å². The number of ether oxygens (including phenoxy) is 1. The quantitative estimate of drug-likeness (QED) is 0.640. The summed E-state index contributed by atoms with van der Waals surface area (Å²) in [6, 6.07) is 0. The molecule has 3 heteroatoms. The van der Waals surface area contributed by atoms with E-state index in [0.717, 1.165) is 19.1 Å². The Kier molecular flexibility index (Phi) is 7.81. The fraction of sp³-hybridized carbons (Fsp3) is 1.00. The molecule has 0 saturated carbocycles. The minimum atomic E-state index is 0.853. The Labute approximate surface area is 101 Å². The molecule has 1 N–H and O–H groups in total. The van der Waals surface area contributed by atoms with Crippen molar-refractivity contribution in [1.29, 1.82) is 0 Å². The standard InChI is InChI=1S/C13H28N2O/c1-3-16-12-4-9-15-10-6-13(7-11-15)5-8-14-2/h13-14H,3-12H2,1-2H3. The van der Waals surface area contributed by atoms with E-state index in [-0.39, 0.29) is 0 Å². The maximum atomic E-state index is 5.36. The Balaban J connectivity index is 1.98. The predicted molar refractivity (Wildman–Crippen MR) is 68.8 cm³/mol. The lowest BCUT2D eigenvalue weighted by molar-refractivity contribution is 0.119. The maximum Gasteiger partial charge on any atom is 0.0478 e. The fourth-order valence-corrected chi connectivity index (χ4v) is 2.38. The van der Waals surface area contributed by atoms with Crippen LogP contribution in [-0.4, -0.2) is 51.3 Å². The van der Waals surface area contributed by atoms with Crippen LogP contribution in [0.4, 0.5) is 0 Å². The SMILES string of the molecule is CCOCCCN1CCC(CCNC)CC1. The molecule has 0 atom stereocenters. The maximum absolute atomic E-state index is 5.36. The third-order valence-corrected chi connectivity index (χ3v) is 3.48. The highest BCUT2D eigenvalue weighted by molar-refractivity contribution is 4.72. The van der Waals surface area contributed by atoms with Gasteiger partial charge in [0.15, 0.2) is 0 Å². The van der Waals surface area contributed by atoms with Crippen molar-refractivity contribution in [1.82, 2.24) is 10.2 Å². The first kappa shape index (κ1) is 13.9. The zero-order valence-corrected chi connectivity index (χ0v) is 11.0. The third kappa shape index (κ3) is 5.83. The highest BCUT2D eigenvalue weighted by Crippen LogP contribution is 2.19. The summed E-state index contributed by atoms with van der Waals surface area (Å²) in [5, 5.41) is 3.24. The summed E-state index contributed by atoms with van der Waals surface area (Å²) in [7, 11) is 2.04. The van der Waals surface area contributed by atoms with Crippen LogP contribution in [0.15, 0.2) is 0 Å². The molecule has 0 unspecified atom stereocenters. The van der Waals surface area contributed by atoms with Gasteiger partial charge in [-0.05, 0) is 65.2 Å². The van der Waals surface area contributed by atoms with Gasteiger partial charge in [-0.1, -0.05) is 0 Å². The lowest BCUT2D eigenvalue weighted by Gasteiger charge is -2.31. The smallest absolute Gasteiger partial charge is 0.0478 e. The first-order valence-electron chi connectivity index (χ1n) is 6.81. The molecule has 0 aromatic heterocycles. The number of hydrogen-bond acceptors (Lipinski definition) is 3. The number of hydrogen-bond donors (Lipinski definition) is 1. The molecule has 0 aromatic carbocycles. The first-order valence-corrected chi connectivity index (χ1v) is 6.81. The average Bonchev–Trinajstić information content (AvgIpc) is 2.33. The Morgan fingerprint density at radius 1 is 1.31 bits per heavy atom. The molecule has 0 spiro atoms. The van der Waals surface area contributed by atoms with E-state index in [1.807, 2.05) is 7.05 Å². The molecule has 0 amide bonds. The minimum Gasteiger partial charge on any atom is -0.382 e. The number of nitrogens with one attached hydrogen (secondary N) is 1. The van der Waals surface area contributed by atoms with Crippen LogP contribution >= 0.6 is 0 Å². The summed E-state index contributed by atoms with van der Waals surface area (Å²) in [4.78, 5) is 2.59. The van der Waals surface area contributed by atoms with E-state index in [1.165, 1.54) is 51.9 Å². The van der Waals surface area contributed by atoms with Gasteiger partial charge in [0.1, 0.15) is 0 Å². The van der Waals surface area contributed by atoms with Crippen molar-refractivity contribution >= 4 is 0 Å². The molecule has 1 rings (SSSR count). The molecule has 1 aliphatic rings. The second-order valence-electron chi connectivity index (χ2n) is 4.73. The average molecular weight is 228 g/mol. The monoisotopic (exact) mass is 228 g/mol. The van der Waals surface area contributed by atoms with Gasteiger partial charge in [0, 0.05) is 19.8 Å². The second kappa shape index (κ2) is 8.97. The Hall–Kier alpha value is -0.120. The fourth-order valence-electron chi connectivity index (χ4n) is 2.38. The largest absolute Gasteiger partial charge is 0.382 e. The van der Waals surface area contributed by atoms with Gasteiger partial charge < -0.3 is 15.0 Å². The van der Waals surface area contributed by atoms with E-state index in [4.69, 9.17) is 4.74 Å². The summed E-state index contributed by atoms with van der Waals surface area (Å²) in [6.45, 7) is 8.82. The molecule has 16 heavy (non-hydrogen) atoms. The first-order chi connectivity index (χ1) is 7.86. The molecule has 1 fully saturated rings. The zero-order chi connectivity index (χ0) is 11.6. The number of likely N-dealkylation sites (tertiary alicyclic amines) is 1. The summed E-state index contributed by atoms with van der Waals surface area (Å²) in [5.74, 6) is 0.954. The van der Waals surface area contributed by atoms with Gasteiger partial charge in [-0.15, -0.1) is 0 Å². The Morgan fingerprint density at radius 3 is 2.69 bits per heavy atom. The zero-order valence-electron chi connectivity index (χ0n) is 11.0. The molecular weight excluding hydrogens is 200 g/mol. The van der Waals surface area contributed by atoms with Crippen molar-refractivity contribution in [3.8, 4) is 0 Å². The molecule has 0 aliphatic carbocycles. The normalized spacial score (nSPS) is 19.1. The number of nitrogens with zero attached hydrogens (tertiary/aromatic N) is 1. The van der Waals surface area contributed by atoms with Gasteiger partial charge in [-0.2, -0.15) is 0 Å². The topological polar surface area (TPSA) is 24.5 Å². The predicted octanol–water partition coefficient (Wildman–Crippen LogP) is 1.73. The highest BCUT2D eigenvalue weighted by Gasteiger charge is 2.17. The molecule has 0 aromatic rings. The van der Waals surface area contributed by atoms with Gasteiger partial charge in [0.25, 0.3) is 0 Å². The lowest BCUT2D eigenvalue weighted by Crippen LogP contribution is -2.35. The molecular formula is C13H28N2O. The lowest BCUT2D eigenvalue weighted by atomic mass is 9.93. The molecule has 1 heterocycles.